The monoisotopic (exact) mass is 421 g/mol. The first-order valence-corrected chi connectivity index (χ1v) is 10.9. The first kappa shape index (κ1) is 20.3. The third-order valence-electron chi connectivity index (χ3n) is 5.16. The summed E-state index contributed by atoms with van der Waals surface area (Å²) >= 11 is 1.59. The van der Waals surface area contributed by atoms with E-state index in [4.69, 9.17) is 0 Å². The minimum Gasteiger partial charge on any atom is -0.290 e. The number of benzene rings is 2. The van der Waals surface area contributed by atoms with Crippen LogP contribution < -0.4 is 0 Å². The summed E-state index contributed by atoms with van der Waals surface area (Å²) in [5, 5.41) is 0.979. The molecule has 0 saturated carbocycles. The molecule has 3 amide bonds. The normalized spacial score (nSPS) is 19.7. The van der Waals surface area contributed by atoms with Gasteiger partial charge in [0.15, 0.2) is 5.17 Å². The number of aliphatic imine (C=N–C) groups is 1. The molecule has 30 heavy (non-hydrogen) atoms. The van der Waals surface area contributed by atoms with Gasteiger partial charge in [-0.2, -0.15) is 0 Å². The van der Waals surface area contributed by atoms with Crippen LogP contribution >= 0.6 is 11.8 Å². The first-order valence-electron chi connectivity index (χ1n) is 10.0. The van der Waals surface area contributed by atoms with Gasteiger partial charge >= 0.3 is 0 Å². The molecule has 2 aliphatic heterocycles. The Morgan fingerprint density at radius 3 is 2.47 bits per heavy atom. The van der Waals surface area contributed by atoms with Crippen molar-refractivity contribution in [3.8, 4) is 0 Å². The first-order chi connectivity index (χ1) is 14.4. The lowest BCUT2D eigenvalue weighted by atomic mass is 10.1. The second kappa shape index (κ2) is 8.44. The predicted molar refractivity (Wildman–Crippen MR) is 118 cm³/mol. The van der Waals surface area contributed by atoms with Gasteiger partial charge in [0, 0.05) is 24.8 Å². The second-order valence-electron chi connectivity index (χ2n) is 7.58. The van der Waals surface area contributed by atoms with Crippen molar-refractivity contribution in [1.29, 1.82) is 0 Å². The number of amides is 3. The van der Waals surface area contributed by atoms with E-state index in [9.17, 15) is 14.4 Å². The molecule has 0 aromatic heterocycles. The fraction of sp³-hybridized carbons (Fsp3) is 0.304. The highest BCUT2D eigenvalue weighted by molar-refractivity contribution is 8.14. The summed E-state index contributed by atoms with van der Waals surface area (Å²) in [6, 6.07) is 14.7. The van der Waals surface area contributed by atoms with Crippen molar-refractivity contribution in [2.75, 3.05) is 13.1 Å². The van der Waals surface area contributed by atoms with Crippen LogP contribution in [0, 0.1) is 6.92 Å². The van der Waals surface area contributed by atoms with Crippen molar-refractivity contribution in [2.45, 2.75) is 31.9 Å². The van der Waals surface area contributed by atoms with Crippen molar-refractivity contribution >= 4 is 40.3 Å². The summed E-state index contributed by atoms with van der Waals surface area (Å²) < 4.78 is 0. The van der Waals surface area contributed by atoms with E-state index in [1.165, 1.54) is 4.90 Å². The van der Waals surface area contributed by atoms with Crippen LogP contribution in [0.3, 0.4) is 0 Å². The Hall–Kier alpha value is -2.93. The van der Waals surface area contributed by atoms with Crippen LogP contribution in [0.15, 0.2) is 53.5 Å². The van der Waals surface area contributed by atoms with Gasteiger partial charge in [-0.3, -0.25) is 24.2 Å². The van der Waals surface area contributed by atoms with Gasteiger partial charge in [0.1, 0.15) is 0 Å². The Balaban J connectivity index is 1.39. The van der Waals surface area contributed by atoms with Gasteiger partial charge in [-0.25, -0.2) is 4.99 Å². The van der Waals surface area contributed by atoms with E-state index in [0.29, 0.717) is 29.3 Å². The van der Waals surface area contributed by atoms with E-state index in [-0.39, 0.29) is 35.9 Å². The van der Waals surface area contributed by atoms with E-state index >= 15 is 0 Å². The summed E-state index contributed by atoms with van der Waals surface area (Å²) in [4.78, 5) is 45.4. The van der Waals surface area contributed by atoms with Crippen molar-refractivity contribution in [1.82, 2.24) is 9.80 Å². The van der Waals surface area contributed by atoms with Crippen LogP contribution in [0.2, 0.25) is 0 Å². The van der Waals surface area contributed by atoms with Gasteiger partial charge in [0.2, 0.25) is 5.91 Å². The molecule has 4 rings (SSSR count). The molecule has 2 aliphatic rings. The number of nitrogens with zero attached hydrogens (tertiary/aromatic N) is 3. The highest BCUT2D eigenvalue weighted by Gasteiger charge is 2.35. The van der Waals surface area contributed by atoms with Gasteiger partial charge in [0.25, 0.3) is 11.8 Å². The van der Waals surface area contributed by atoms with E-state index in [1.807, 2.05) is 31.2 Å². The maximum atomic E-state index is 12.9. The maximum absolute atomic E-state index is 12.9. The zero-order chi connectivity index (χ0) is 21.3. The lowest BCUT2D eigenvalue weighted by molar-refractivity contribution is -0.127. The number of thioether (sulfide) groups is 1. The molecule has 0 radical (unpaired) electrons. The fourth-order valence-corrected chi connectivity index (χ4v) is 4.73. The molecule has 2 aromatic carbocycles. The Bertz CT molecular complexity index is 1010. The van der Waals surface area contributed by atoms with Gasteiger partial charge < -0.3 is 0 Å². The van der Waals surface area contributed by atoms with E-state index in [0.717, 1.165) is 11.3 Å². The molecule has 1 atom stereocenters. The van der Waals surface area contributed by atoms with Gasteiger partial charge in [0.05, 0.1) is 16.8 Å². The van der Waals surface area contributed by atoms with Gasteiger partial charge in [-0.15, -0.1) is 0 Å². The quantitative estimate of drug-likeness (QED) is 0.684. The number of hydrogen-bond acceptors (Lipinski definition) is 5. The van der Waals surface area contributed by atoms with Crippen LogP contribution in [0.5, 0.6) is 0 Å². The summed E-state index contributed by atoms with van der Waals surface area (Å²) in [5.74, 6) is -0.597. The van der Waals surface area contributed by atoms with Crippen molar-refractivity contribution in [3.63, 3.8) is 0 Å². The minimum atomic E-state index is -0.282. The zero-order valence-electron chi connectivity index (χ0n) is 17.0. The Morgan fingerprint density at radius 1 is 1.10 bits per heavy atom. The summed E-state index contributed by atoms with van der Waals surface area (Å²) in [7, 11) is 0. The lowest BCUT2D eigenvalue weighted by Crippen LogP contribution is -2.34. The molecular weight excluding hydrogens is 398 g/mol. The molecular formula is C23H23N3O3S. The number of carbonyl (C=O) groups is 3. The molecule has 0 N–H and O–H groups in total. The number of aryl methyl sites for hydroxylation is 1. The van der Waals surface area contributed by atoms with Crippen LogP contribution in [0.25, 0.3) is 0 Å². The standard InChI is InChI=1S/C23H23N3O3S/c1-15-7-5-8-17(13-15)24-23-26(14-16(2)30-23)20(27)11-6-12-25-21(28)18-9-3-4-10-19(18)22(25)29/h3-5,7-10,13,16H,6,11-12,14H2,1-2H3/t16-/m1/s1. The largest absolute Gasteiger partial charge is 0.290 e. The maximum Gasteiger partial charge on any atom is 0.261 e. The predicted octanol–water partition coefficient (Wildman–Crippen LogP) is 4.02. The van der Waals surface area contributed by atoms with Gasteiger partial charge in [-0.05, 0) is 43.2 Å². The number of imide groups is 1. The highest BCUT2D eigenvalue weighted by atomic mass is 32.2. The van der Waals surface area contributed by atoms with Crippen molar-refractivity contribution < 1.29 is 14.4 Å². The Kier molecular flexibility index (Phi) is 5.72. The summed E-state index contributed by atoms with van der Waals surface area (Å²) in [6.07, 6.45) is 0.686. The highest BCUT2D eigenvalue weighted by Crippen LogP contribution is 2.29. The smallest absolute Gasteiger partial charge is 0.261 e. The lowest BCUT2D eigenvalue weighted by Gasteiger charge is -2.18. The number of amidine groups is 1. The topological polar surface area (TPSA) is 70.1 Å². The minimum absolute atomic E-state index is 0.0325. The SMILES string of the molecule is Cc1cccc(N=C2S[C@H](C)CN2C(=O)CCCN2C(=O)c3ccccc3C2=O)c1. The van der Waals surface area contributed by atoms with E-state index in [1.54, 1.807) is 40.9 Å². The molecule has 6 nitrogen and oxygen atoms in total. The molecule has 154 valence electrons. The average molecular weight is 422 g/mol. The molecule has 0 unspecified atom stereocenters. The third kappa shape index (κ3) is 4.03. The summed E-state index contributed by atoms with van der Waals surface area (Å²) in [5.41, 5.74) is 2.82. The third-order valence-corrected chi connectivity index (χ3v) is 6.23. The molecule has 2 aromatic rings. The molecule has 7 heteroatoms. The Labute approximate surface area is 180 Å². The molecule has 0 spiro atoms. The van der Waals surface area contributed by atoms with Crippen LogP contribution in [0.1, 0.15) is 46.0 Å². The van der Waals surface area contributed by atoms with Crippen LogP contribution in [0.4, 0.5) is 5.69 Å². The van der Waals surface area contributed by atoms with Crippen molar-refractivity contribution in [3.05, 3.63) is 65.2 Å². The average Bonchev–Trinajstić information content (AvgIpc) is 3.20. The van der Waals surface area contributed by atoms with Gasteiger partial charge in [-0.1, -0.05) is 43.0 Å². The fourth-order valence-electron chi connectivity index (χ4n) is 3.68. The molecule has 0 aliphatic carbocycles. The van der Waals surface area contributed by atoms with Crippen LogP contribution in [-0.4, -0.2) is 51.0 Å². The van der Waals surface area contributed by atoms with E-state index in [2.05, 4.69) is 11.9 Å². The zero-order valence-corrected chi connectivity index (χ0v) is 17.8. The number of carbonyl (C=O) groups excluding carboxylic acids is 3. The molecule has 1 fully saturated rings. The molecule has 2 heterocycles. The number of hydrogen-bond donors (Lipinski definition) is 0. The van der Waals surface area contributed by atoms with E-state index < -0.39 is 0 Å². The number of rotatable bonds is 5. The second-order valence-corrected chi connectivity index (χ2v) is 8.98. The molecule has 1 saturated heterocycles. The summed E-state index contributed by atoms with van der Waals surface area (Å²) in [6.45, 7) is 4.93. The van der Waals surface area contributed by atoms with Crippen LogP contribution in [-0.2, 0) is 4.79 Å². The Morgan fingerprint density at radius 2 is 1.80 bits per heavy atom. The molecule has 0 bridgehead atoms. The van der Waals surface area contributed by atoms with Crippen molar-refractivity contribution in [2.24, 2.45) is 4.99 Å². The number of fused-ring (bicyclic) bond motifs is 1.